The number of hydrogen-bond donors (Lipinski definition) is 0. The van der Waals surface area contributed by atoms with E-state index in [0.29, 0.717) is 0 Å². The van der Waals surface area contributed by atoms with Crippen LogP contribution in [0.1, 0.15) is 18.9 Å². The summed E-state index contributed by atoms with van der Waals surface area (Å²) in [6.07, 6.45) is 3.95. The first-order chi connectivity index (χ1) is 7.81. The topological polar surface area (TPSA) is 25.4 Å². The monoisotopic (exact) mass is 213 g/mol. The summed E-state index contributed by atoms with van der Waals surface area (Å²) in [7, 11) is 0. The van der Waals surface area contributed by atoms with Gasteiger partial charge in [0.2, 0.25) is 0 Å². The lowest BCUT2D eigenvalue weighted by molar-refractivity contribution is 0.294. The molecule has 2 heterocycles. The maximum Gasteiger partial charge on any atom is 0.0954 e. The molecule has 1 fully saturated rings. The van der Waals surface area contributed by atoms with Crippen LogP contribution in [0.2, 0.25) is 0 Å². The summed E-state index contributed by atoms with van der Waals surface area (Å²) < 4.78 is 5.55. The molecule has 1 atom stereocenters. The molecule has 1 aromatic heterocycles. The minimum atomic E-state index is 0.135. The summed E-state index contributed by atoms with van der Waals surface area (Å²) in [6.45, 7) is 3.10. The Bertz CT molecular complexity index is 517. The highest BCUT2D eigenvalue weighted by atomic mass is 16.6. The van der Waals surface area contributed by atoms with Gasteiger partial charge in [0.1, 0.15) is 0 Å². The quantitative estimate of drug-likeness (QED) is 0.732. The predicted octanol–water partition coefficient (Wildman–Crippen LogP) is 2.96. The molecule has 2 heteroatoms. The van der Waals surface area contributed by atoms with E-state index in [1.54, 1.807) is 0 Å². The van der Waals surface area contributed by atoms with Crippen LogP contribution in [0.15, 0.2) is 36.5 Å². The third-order valence-electron chi connectivity index (χ3n) is 3.39. The smallest absolute Gasteiger partial charge is 0.0954 e. The number of rotatable bonds is 3. The molecule has 1 unspecified atom stereocenters. The summed E-state index contributed by atoms with van der Waals surface area (Å²) in [4.78, 5) is 4.32. The number of pyridine rings is 1. The van der Waals surface area contributed by atoms with Gasteiger partial charge in [0, 0.05) is 18.0 Å². The maximum absolute atomic E-state index is 5.55. The summed E-state index contributed by atoms with van der Waals surface area (Å²) in [5.41, 5.74) is 2.55. The van der Waals surface area contributed by atoms with E-state index in [0.717, 1.165) is 25.0 Å². The van der Waals surface area contributed by atoms with Gasteiger partial charge in [-0.25, -0.2) is 0 Å². The molecule has 0 saturated carbocycles. The minimum absolute atomic E-state index is 0.135. The first-order valence-electron chi connectivity index (χ1n) is 5.79. The molecule has 1 aliphatic rings. The van der Waals surface area contributed by atoms with E-state index in [1.807, 2.05) is 12.3 Å². The summed E-state index contributed by atoms with van der Waals surface area (Å²) >= 11 is 0. The predicted molar refractivity (Wildman–Crippen MR) is 64.4 cm³/mol. The molecule has 1 aromatic carbocycles. The second-order valence-electron chi connectivity index (χ2n) is 4.53. The zero-order chi connectivity index (χ0) is 11.0. The van der Waals surface area contributed by atoms with Gasteiger partial charge in [0.25, 0.3) is 0 Å². The van der Waals surface area contributed by atoms with E-state index >= 15 is 0 Å². The fourth-order valence-electron chi connectivity index (χ4n) is 2.14. The second kappa shape index (κ2) is 3.56. The van der Waals surface area contributed by atoms with Crippen LogP contribution in [0, 0.1) is 0 Å². The van der Waals surface area contributed by atoms with Crippen LogP contribution in [0.3, 0.4) is 0 Å². The van der Waals surface area contributed by atoms with Crippen molar-refractivity contribution in [2.24, 2.45) is 0 Å². The Morgan fingerprint density at radius 1 is 1.38 bits per heavy atom. The van der Waals surface area contributed by atoms with Gasteiger partial charge in [-0.15, -0.1) is 0 Å². The Balaban J connectivity index is 1.93. The van der Waals surface area contributed by atoms with Gasteiger partial charge in [0.05, 0.1) is 17.7 Å². The number of epoxide rings is 1. The molecule has 0 radical (unpaired) electrons. The molecule has 3 rings (SSSR count). The van der Waals surface area contributed by atoms with Crippen LogP contribution in [-0.2, 0) is 11.2 Å². The third-order valence-corrected chi connectivity index (χ3v) is 3.39. The van der Waals surface area contributed by atoms with Crippen molar-refractivity contribution in [3.05, 3.63) is 42.1 Å². The van der Waals surface area contributed by atoms with Crippen LogP contribution in [0.25, 0.3) is 10.9 Å². The molecule has 1 aliphatic heterocycles. The highest BCUT2D eigenvalue weighted by Gasteiger charge is 2.42. The highest BCUT2D eigenvalue weighted by molar-refractivity contribution is 5.78. The van der Waals surface area contributed by atoms with E-state index in [9.17, 15) is 0 Å². The largest absolute Gasteiger partial charge is 0.369 e. The molecular formula is C14H15NO. The van der Waals surface area contributed by atoms with E-state index < -0.39 is 0 Å². The van der Waals surface area contributed by atoms with Crippen molar-refractivity contribution in [2.75, 3.05) is 6.61 Å². The van der Waals surface area contributed by atoms with E-state index in [2.05, 4.69) is 36.2 Å². The molecule has 2 aromatic rings. The van der Waals surface area contributed by atoms with Crippen LogP contribution in [-0.4, -0.2) is 17.2 Å². The first-order valence-corrected chi connectivity index (χ1v) is 5.79. The molecule has 0 amide bonds. The van der Waals surface area contributed by atoms with Crippen molar-refractivity contribution in [1.29, 1.82) is 0 Å². The molecule has 82 valence electrons. The Kier molecular flexibility index (Phi) is 2.18. The number of ether oxygens (including phenoxy) is 1. The lowest BCUT2D eigenvalue weighted by atomic mass is 9.97. The number of fused-ring (bicyclic) bond motifs is 1. The Morgan fingerprint density at radius 3 is 3.00 bits per heavy atom. The molecule has 0 bridgehead atoms. The van der Waals surface area contributed by atoms with Crippen LogP contribution < -0.4 is 0 Å². The number of hydrogen-bond acceptors (Lipinski definition) is 2. The van der Waals surface area contributed by atoms with Crippen molar-refractivity contribution in [3.8, 4) is 0 Å². The summed E-state index contributed by atoms with van der Waals surface area (Å²) in [5.74, 6) is 0. The maximum atomic E-state index is 5.55. The fraction of sp³-hybridized carbons (Fsp3) is 0.357. The van der Waals surface area contributed by atoms with Gasteiger partial charge in [-0.05, 0) is 30.2 Å². The molecular weight excluding hydrogens is 198 g/mol. The van der Waals surface area contributed by atoms with Crippen molar-refractivity contribution < 1.29 is 4.74 Å². The molecule has 0 N–H and O–H groups in total. The van der Waals surface area contributed by atoms with Gasteiger partial charge < -0.3 is 4.74 Å². The van der Waals surface area contributed by atoms with Gasteiger partial charge in [-0.1, -0.05) is 19.1 Å². The highest BCUT2D eigenvalue weighted by Crippen LogP contribution is 2.34. The Morgan fingerprint density at radius 2 is 2.25 bits per heavy atom. The number of aromatic nitrogens is 1. The third kappa shape index (κ3) is 1.69. The van der Waals surface area contributed by atoms with Crippen molar-refractivity contribution in [1.82, 2.24) is 4.98 Å². The summed E-state index contributed by atoms with van der Waals surface area (Å²) in [6, 6.07) is 10.6. The van der Waals surface area contributed by atoms with Gasteiger partial charge in [-0.3, -0.25) is 4.98 Å². The van der Waals surface area contributed by atoms with Crippen molar-refractivity contribution in [3.63, 3.8) is 0 Å². The normalized spacial score (nSPS) is 23.6. The second-order valence-corrected chi connectivity index (χ2v) is 4.53. The zero-order valence-electron chi connectivity index (χ0n) is 9.44. The van der Waals surface area contributed by atoms with Gasteiger partial charge in [0.15, 0.2) is 0 Å². The fourth-order valence-corrected chi connectivity index (χ4v) is 2.14. The van der Waals surface area contributed by atoms with Crippen LogP contribution in [0.4, 0.5) is 0 Å². The number of benzene rings is 1. The Hall–Kier alpha value is -1.41. The molecule has 16 heavy (non-hydrogen) atoms. The SMILES string of the molecule is CCC1(Cc2ccc3ncccc3c2)CO1. The summed E-state index contributed by atoms with van der Waals surface area (Å²) in [5, 5.41) is 1.21. The van der Waals surface area contributed by atoms with E-state index in [-0.39, 0.29) is 5.60 Å². The van der Waals surface area contributed by atoms with Crippen LogP contribution >= 0.6 is 0 Å². The van der Waals surface area contributed by atoms with Crippen LogP contribution in [0.5, 0.6) is 0 Å². The average molecular weight is 213 g/mol. The van der Waals surface area contributed by atoms with Crippen molar-refractivity contribution >= 4 is 10.9 Å². The number of nitrogens with zero attached hydrogens (tertiary/aromatic N) is 1. The van der Waals surface area contributed by atoms with E-state index in [1.165, 1.54) is 10.9 Å². The average Bonchev–Trinajstić information content (AvgIpc) is 3.09. The lowest BCUT2D eigenvalue weighted by Crippen LogP contribution is -2.12. The van der Waals surface area contributed by atoms with Gasteiger partial charge >= 0.3 is 0 Å². The first kappa shape index (κ1) is 9.79. The van der Waals surface area contributed by atoms with Crippen molar-refractivity contribution in [2.45, 2.75) is 25.4 Å². The lowest BCUT2D eigenvalue weighted by Gasteiger charge is -2.09. The molecule has 2 nitrogen and oxygen atoms in total. The molecule has 0 aliphatic carbocycles. The molecule has 0 spiro atoms. The molecule has 1 saturated heterocycles. The Labute approximate surface area is 95.3 Å². The van der Waals surface area contributed by atoms with Gasteiger partial charge in [-0.2, -0.15) is 0 Å². The zero-order valence-corrected chi connectivity index (χ0v) is 9.44. The van der Waals surface area contributed by atoms with E-state index in [4.69, 9.17) is 4.74 Å². The standard InChI is InChI=1S/C14H15NO/c1-2-14(10-16-14)9-11-5-6-13-12(8-11)4-3-7-15-13/h3-8H,2,9-10H2,1H3. The minimum Gasteiger partial charge on any atom is -0.369 e.